The van der Waals surface area contributed by atoms with Crippen molar-refractivity contribution < 1.29 is 9.53 Å². The molecule has 102 valence electrons. The van der Waals surface area contributed by atoms with E-state index in [0.717, 1.165) is 5.69 Å². The molecule has 0 aromatic heterocycles. The number of aryl methyl sites for hydroxylation is 1. The number of methoxy groups -OCH3 is 1. The highest BCUT2D eigenvalue weighted by atomic mass is 35.5. The van der Waals surface area contributed by atoms with Gasteiger partial charge in [0.25, 0.3) is 5.91 Å². The van der Waals surface area contributed by atoms with Gasteiger partial charge in [0.1, 0.15) is 6.10 Å². The minimum atomic E-state index is -0.573. The highest BCUT2D eigenvalue weighted by Gasteiger charge is 2.22. The average Bonchev–Trinajstić information content (AvgIpc) is 2.34. The van der Waals surface area contributed by atoms with Gasteiger partial charge in [0, 0.05) is 25.9 Å². The Balaban J connectivity index is 0.00000289. The Morgan fingerprint density at radius 2 is 1.94 bits per heavy atom. The van der Waals surface area contributed by atoms with Gasteiger partial charge in [-0.2, -0.15) is 0 Å². The molecule has 0 aliphatic rings. The maximum atomic E-state index is 12.1. The molecule has 0 aliphatic carbocycles. The lowest BCUT2D eigenvalue weighted by Gasteiger charge is -2.25. The number of hydrogen-bond donors (Lipinski definition) is 1. The lowest BCUT2D eigenvalue weighted by molar-refractivity contribution is -0.127. The van der Waals surface area contributed by atoms with Crippen molar-refractivity contribution in [3.63, 3.8) is 0 Å². The van der Waals surface area contributed by atoms with E-state index in [4.69, 9.17) is 10.5 Å². The Labute approximate surface area is 115 Å². The highest BCUT2D eigenvalue weighted by Crippen LogP contribution is 2.16. The van der Waals surface area contributed by atoms with Gasteiger partial charge in [-0.3, -0.25) is 4.79 Å². The summed E-state index contributed by atoms with van der Waals surface area (Å²) in [4.78, 5) is 13.8. The Kier molecular flexibility index (Phi) is 7.59. The Morgan fingerprint density at radius 1 is 1.39 bits per heavy atom. The molecule has 4 nitrogen and oxygen atoms in total. The van der Waals surface area contributed by atoms with Gasteiger partial charge in [-0.25, -0.2) is 0 Å². The lowest BCUT2D eigenvalue weighted by atomic mass is 10.2. The Hall–Kier alpha value is -1.10. The van der Waals surface area contributed by atoms with Crippen LogP contribution in [0.2, 0.25) is 0 Å². The summed E-state index contributed by atoms with van der Waals surface area (Å²) in [6, 6.07) is 7.82. The van der Waals surface area contributed by atoms with Gasteiger partial charge in [-0.05, 0) is 26.0 Å². The van der Waals surface area contributed by atoms with E-state index in [1.54, 1.807) is 4.90 Å². The topological polar surface area (TPSA) is 55.6 Å². The molecule has 1 unspecified atom stereocenters. The van der Waals surface area contributed by atoms with Crippen molar-refractivity contribution >= 4 is 24.0 Å². The van der Waals surface area contributed by atoms with E-state index in [9.17, 15) is 4.79 Å². The predicted molar refractivity (Wildman–Crippen MR) is 76.3 cm³/mol. The molecular formula is C13H21ClN2O2. The van der Waals surface area contributed by atoms with Crippen LogP contribution >= 0.6 is 12.4 Å². The van der Waals surface area contributed by atoms with Gasteiger partial charge in [0.05, 0.1) is 0 Å². The third-order valence-electron chi connectivity index (χ3n) is 2.70. The molecule has 0 saturated carbocycles. The second-order valence-electron chi connectivity index (χ2n) is 3.88. The second-order valence-corrected chi connectivity index (χ2v) is 3.88. The van der Waals surface area contributed by atoms with Crippen molar-refractivity contribution in [2.45, 2.75) is 20.0 Å². The fourth-order valence-electron chi connectivity index (χ4n) is 1.66. The molecule has 0 saturated heterocycles. The van der Waals surface area contributed by atoms with Crippen LogP contribution in [-0.4, -0.2) is 32.2 Å². The van der Waals surface area contributed by atoms with Gasteiger partial charge < -0.3 is 15.4 Å². The largest absolute Gasteiger partial charge is 0.370 e. The van der Waals surface area contributed by atoms with E-state index in [1.807, 2.05) is 38.1 Å². The van der Waals surface area contributed by atoms with Crippen LogP contribution < -0.4 is 10.6 Å². The van der Waals surface area contributed by atoms with Crippen LogP contribution in [0, 0.1) is 6.92 Å². The highest BCUT2D eigenvalue weighted by molar-refractivity contribution is 5.96. The van der Waals surface area contributed by atoms with Gasteiger partial charge in [0.15, 0.2) is 0 Å². The van der Waals surface area contributed by atoms with Crippen molar-refractivity contribution in [1.82, 2.24) is 0 Å². The molecule has 18 heavy (non-hydrogen) atoms. The third kappa shape index (κ3) is 3.98. The number of nitrogens with two attached hydrogens (primary N) is 1. The van der Waals surface area contributed by atoms with Crippen LogP contribution in [0.4, 0.5) is 5.69 Å². The fourth-order valence-corrected chi connectivity index (χ4v) is 1.66. The molecule has 1 aromatic carbocycles. The van der Waals surface area contributed by atoms with Crippen molar-refractivity contribution in [3.8, 4) is 0 Å². The summed E-state index contributed by atoms with van der Waals surface area (Å²) in [6.45, 7) is 4.74. The molecule has 0 fully saturated rings. The first-order chi connectivity index (χ1) is 8.13. The van der Waals surface area contributed by atoms with Crippen molar-refractivity contribution in [1.29, 1.82) is 0 Å². The number of likely N-dealkylation sites (N-methyl/N-ethyl adjacent to an activating group) is 1. The molecule has 0 heterocycles. The second kappa shape index (κ2) is 8.08. The summed E-state index contributed by atoms with van der Waals surface area (Å²) in [5.41, 5.74) is 7.55. The SMILES string of the molecule is CCN(C(=O)C(CN)OC)c1ccc(C)cc1.Cl. The van der Waals surface area contributed by atoms with E-state index < -0.39 is 6.10 Å². The molecule has 1 atom stereocenters. The van der Waals surface area contributed by atoms with Crippen LogP contribution in [-0.2, 0) is 9.53 Å². The summed E-state index contributed by atoms with van der Waals surface area (Å²) in [7, 11) is 1.50. The number of rotatable bonds is 5. The van der Waals surface area contributed by atoms with Gasteiger partial charge in [-0.1, -0.05) is 17.7 Å². The number of ether oxygens (including phenoxy) is 1. The van der Waals surface area contributed by atoms with Crippen LogP contribution in [0.3, 0.4) is 0 Å². The van der Waals surface area contributed by atoms with E-state index >= 15 is 0 Å². The molecule has 1 rings (SSSR count). The van der Waals surface area contributed by atoms with Gasteiger partial charge >= 0.3 is 0 Å². The first-order valence-electron chi connectivity index (χ1n) is 5.75. The molecule has 2 N–H and O–H groups in total. The fraction of sp³-hybridized carbons (Fsp3) is 0.462. The van der Waals surface area contributed by atoms with Gasteiger partial charge in [0.2, 0.25) is 0 Å². The molecule has 5 heteroatoms. The van der Waals surface area contributed by atoms with Crippen molar-refractivity contribution in [3.05, 3.63) is 29.8 Å². The zero-order valence-electron chi connectivity index (χ0n) is 11.1. The minimum absolute atomic E-state index is 0. The van der Waals surface area contributed by atoms with Crippen LogP contribution in [0.5, 0.6) is 0 Å². The number of carbonyl (C=O) groups excluding carboxylic acids is 1. The minimum Gasteiger partial charge on any atom is -0.370 e. The number of anilines is 1. The van der Waals surface area contributed by atoms with Crippen LogP contribution in [0.15, 0.2) is 24.3 Å². The molecule has 0 spiro atoms. The Bertz CT molecular complexity index is 364. The number of carbonyl (C=O) groups is 1. The average molecular weight is 273 g/mol. The van der Waals surface area contributed by atoms with Crippen LogP contribution in [0.1, 0.15) is 12.5 Å². The van der Waals surface area contributed by atoms with Crippen molar-refractivity contribution in [2.75, 3.05) is 25.1 Å². The smallest absolute Gasteiger partial charge is 0.257 e. The monoisotopic (exact) mass is 272 g/mol. The molecule has 0 aliphatic heterocycles. The van der Waals surface area contributed by atoms with Crippen molar-refractivity contribution in [2.24, 2.45) is 5.73 Å². The summed E-state index contributed by atoms with van der Waals surface area (Å²) >= 11 is 0. The lowest BCUT2D eigenvalue weighted by Crippen LogP contribution is -2.43. The first kappa shape index (κ1) is 16.9. The Morgan fingerprint density at radius 3 is 2.33 bits per heavy atom. The maximum absolute atomic E-state index is 12.1. The zero-order chi connectivity index (χ0) is 12.8. The summed E-state index contributed by atoms with van der Waals surface area (Å²) in [6.07, 6.45) is -0.573. The standard InChI is InChI=1S/C13H20N2O2.ClH/c1-4-15(13(16)12(9-14)17-3)11-7-5-10(2)6-8-11;/h5-8,12H,4,9,14H2,1-3H3;1H. The molecule has 1 aromatic rings. The number of nitrogens with zero attached hydrogens (tertiary/aromatic N) is 1. The van der Waals surface area contributed by atoms with E-state index in [1.165, 1.54) is 12.7 Å². The number of amides is 1. The normalized spacial score (nSPS) is 11.6. The van der Waals surface area contributed by atoms with Gasteiger partial charge in [-0.15, -0.1) is 12.4 Å². The van der Waals surface area contributed by atoms with E-state index in [0.29, 0.717) is 6.54 Å². The molecule has 1 amide bonds. The molecular weight excluding hydrogens is 252 g/mol. The zero-order valence-corrected chi connectivity index (χ0v) is 11.9. The number of benzene rings is 1. The third-order valence-corrected chi connectivity index (χ3v) is 2.70. The van der Waals surface area contributed by atoms with E-state index in [-0.39, 0.29) is 24.9 Å². The molecule has 0 bridgehead atoms. The summed E-state index contributed by atoms with van der Waals surface area (Å²) < 4.78 is 5.07. The summed E-state index contributed by atoms with van der Waals surface area (Å²) in [5, 5.41) is 0. The predicted octanol–water partition coefficient (Wildman–Crippen LogP) is 1.74. The first-order valence-corrected chi connectivity index (χ1v) is 5.75. The van der Waals surface area contributed by atoms with E-state index in [2.05, 4.69) is 0 Å². The maximum Gasteiger partial charge on any atom is 0.257 e. The number of hydrogen-bond acceptors (Lipinski definition) is 3. The molecule has 0 radical (unpaired) electrons. The summed E-state index contributed by atoms with van der Waals surface area (Å²) in [5.74, 6) is -0.0960. The quantitative estimate of drug-likeness (QED) is 0.888. The van der Waals surface area contributed by atoms with Crippen LogP contribution in [0.25, 0.3) is 0 Å². The number of halogens is 1.